The third-order valence-electron chi connectivity index (χ3n) is 4.04. The van der Waals surface area contributed by atoms with Gasteiger partial charge in [0.05, 0.1) is 6.61 Å². The lowest BCUT2D eigenvalue weighted by Crippen LogP contribution is -2.41. The van der Waals surface area contributed by atoms with E-state index in [1.54, 1.807) is 0 Å². The lowest BCUT2D eigenvalue weighted by Gasteiger charge is -2.28. The number of carbonyl (C=O) groups excluding carboxylic acids is 1. The zero-order valence-corrected chi connectivity index (χ0v) is 13.0. The lowest BCUT2D eigenvalue weighted by atomic mass is 9.91. The largest absolute Gasteiger partial charge is 0.494 e. The molecule has 1 amide bonds. The molecule has 1 aromatic carbocycles. The number of hydrogen-bond donors (Lipinski definition) is 2. The molecule has 0 unspecified atom stereocenters. The average Bonchev–Trinajstić information content (AvgIpc) is 2.54. The van der Waals surface area contributed by atoms with E-state index in [0.717, 1.165) is 37.9 Å². The Hall–Kier alpha value is -1.55. The van der Waals surface area contributed by atoms with Gasteiger partial charge in [-0.25, -0.2) is 0 Å². The Morgan fingerprint density at radius 3 is 2.62 bits per heavy atom. The minimum Gasteiger partial charge on any atom is -0.494 e. The zero-order valence-electron chi connectivity index (χ0n) is 13.0. The molecule has 1 aromatic rings. The summed E-state index contributed by atoms with van der Waals surface area (Å²) in [5.41, 5.74) is 0.680. The second-order valence-corrected chi connectivity index (χ2v) is 5.69. The molecule has 0 aliphatic heterocycles. The van der Waals surface area contributed by atoms with Gasteiger partial charge >= 0.3 is 0 Å². The topological polar surface area (TPSA) is 50.4 Å². The summed E-state index contributed by atoms with van der Waals surface area (Å²) in [6.07, 6.45) is 5.31. The highest BCUT2D eigenvalue weighted by Gasteiger charge is 2.21. The van der Waals surface area contributed by atoms with Crippen LogP contribution in [0.4, 0.5) is 0 Å². The van der Waals surface area contributed by atoms with Gasteiger partial charge in [0, 0.05) is 17.6 Å². The number of rotatable bonds is 6. The normalized spacial score (nSPS) is 21.8. The summed E-state index contributed by atoms with van der Waals surface area (Å²) < 4.78 is 5.58. The second-order valence-electron chi connectivity index (χ2n) is 5.69. The van der Waals surface area contributed by atoms with Crippen molar-refractivity contribution < 1.29 is 9.53 Å². The maximum absolute atomic E-state index is 12.3. The summed E-state index contributed by atoms with van der Waals surface area (Å²) >= 11 is 0. The quantitative estimate of drug-likeness (QED) is 0.847. The van der Waals surface area contributed by atoms with Gasteiger partial charge in [-0.2, -0.15) is 0 Å². The first-order valence-electron chi connectivity index (χ1n) is 7.94. The molecule has 0 saturated heterocycles. The summed E-state index contributed by atoms with van der Waals surface area (Å²) in [6, 6.07) is 8.33. The van der Waals surface area contributed by atoms with E-state index < -0.39 is 0 Å². The SMILES string of the molecule is CCCOc1cccc(C(=O)NC2CCC(NC)CC2)c1. The van der Waals surface area contributed by atoms with Gasteiger partial charge in [-0.1, -0.05) is 13.0 Å². The molecule has 116 valence electrons. The summed E-state index contributed by atoms with van der Waals surface area (Å²) in [5, 5.41) is 6.45. The van der Waals surface area contributed by atoms with Crippen LogP contribution >= 0.6 is 0 Å². The highest BCUT2D eigenvalue weighted by atomic mass is 16.5. The first-order chi connectivity index (χ1) is 10.2. The van der Waals surface area contributed by atoms with Gasteiger partial charge in [-0.3, -0.25) is 4.79 Å². The molecular formula is C17H26N2O2. The molecule has 0 heterocycles. The van der Waals surface area contributed by atoms with Gasteiger partial charge in [0.25, 0.3) is 5.91 Å². The minimum atomic E-state index is 0.00450. The van der Waals surface area contributed by atoms with Crippen molar-refractivity contribution >= 4 is 5.91 Å². The zero-order chi connectivity index (χ0) is 15.1. The van der Waals surface area contributed by atoms with E-state index in [4.69, 9.17) is 4.74 Å². The first-order valence-corrected chi connectivity index (χ1v) is 7.94. The Labute approximate surface area is 127 Å². The predicted molar refractivity (Wildman–Crippen MR) is 84.8 cm³/mol. The Bertz CT molecular complexity index is 454. The number of ether oxygens (including phenoxy) is 1. The standard InChI is InChI=1S/C17H26N2O2/c1-3-11-21-16-6-4-5-13(12-16)17(20)19-15-9-7-14(18-2)8-10-15/h4-6,12,14-15,18H,3,7-11H2,1-2H3,(H,19,20). The van der Waals surface area contributed by atoms with Crippen molar-refractivity contribution in [1.29, 1.82) is 0 Å². The Balaban J connectivity index is 1.88. The van der Waals surface area contributed by atoms with Crippen molar-refractivity contribution in [1.82, 2.24) is 10.6 Å². The van der Waals surface area contributed by atoms with Gasteiger partial charge in [-0.05, 0) is 57.4 Å². The maximum atomic E-state index is 12.3. The molecule has 4 nitrogen and oxygen atoms in total. The molecule has 0 radical (unpaired) electrons. The third-order valence-corrected chi connectivity index (χ3v) is 4.04. The number of nitrogens with one attached hydrogen (secondary N) is 2. The van der Waals surface area contributed by atoms with Crippen LogP contribution in [-0.2, 0) is 0 Å². The third kappa shape index (κ3) is 4.74. The second kappa shape index (κ2) is 8.03. The van der Waals surface area contributed by atoms with Gasteiger partial charge in [0.1, 0.15) is 5.75 Å². The highest BCUT2D eigenvalue weighted by molar-refractivity contribution is 5.94. The molecule has 1 saturated carbocycles. The van der Waals surface area contributed by atoms with Crippen molar-refractivity contribution in [2.75, 3.05) is 13.7 Å². The molecule has 1 fully saturated rings. The molecule has 0 atom stereocenters. The number of benzene rings is 1. The average molecular weight is 290 g/mol. The monoisotopic (exact) mass is 290 g/mol. The number of hydrogen-bond acceptors (Lipinski definition) is 3. The maximum Gasteiger partial charge on any atom is 0.251 e. The van der Waals surface area contributed by atoms with E-state index in [2.05, 4.69) is 17.6 Å². The van der Waals surface area contributed by atoms with Crippen LogP contribution in [0.25, 0.3) is 0 Å². The van der Waals surface area contributed by atoms with Crippen LogP contribution in [0.1, 0.15) is 49.4 Å². The molecule has 2 N–H and O–H groups in total. The Kier molecular flexibility index (Phi) is 6.05. The van der Waals surface area contributed by atoms with E-state index >= 15 is 0 Å². The molecular weight excluding hydrogens is 264 g/mol. The van der Waals surface area contributed by atoms with Crippen LogP contribution < -0.4 is 15.4 Å². The number of amides is 1. The summed E-state index contributed by atoms with van der Waals surface area (Å²) in [4.78, 5) is 12.3. The van der Waals surface area contributed by atoms with E-state index in [1.807, 2.05) is 31.3 Å². The Morgan fingerprint density at radius 1 is 1.24 bits per heavy atom. The smallest absolute Gasteiger partial charge is 0.251 e. The van der Waals surface area contributed by atoms with Crippen LogP contribution in [0.3, 0.4) is 0 Å². The fourth-order valence-electron chi connectivity index (χ4n) is 2.74. The van der Waals surface area contributed by atoms with E-state index in [0.29, 0.717) is 24.3 Å². The first kappa shape index (κ1) is 15.8. The van der Waals surface area contributed by atoms with Crippen LogP contribution in [0.2, 0.25) is 0 Å². The van der Waals surface area contributed by atoms with E-state index in [9.17, 15) is 4.79 Å². The van der Waals surface area contributed by atoms with Gasteiger partial charge in [0.15, 0.2) is 0 Å². The van der Waals surface area contributed by atoms with Gasteiger partial charge < -0.3 is 15.4 Å². The van der Waals surface area contributed by atoms with Crippen LogP contribution in [0.5, 0.6) is 5.75 Å². The molecule has 0 spiro atoms. The van der Waals surface area contributed by atoms with Crippen molar-refractivity contribution in [2.24, 2.45) is 0 Å². The molecule has 4 heteroatoms. The van der Waals surface area contributed by atoms with Gasteiger partial charge in [-0.15, -0.1) is 0 Å². The van der Waals surface area contributed by atoms with Crippen LogP contribution in [-0.4, -0.2) is 31.6 Å². The van der Waals surface area contributed by atoms with Crippen molar-refractivity contribution in [3.63, 3.8) is 0 Å². The van der Waals surface area contributed by atoms with Crippen molar-refractivity contribution in [3.05, 3.63) is 29.8 Å². The van der Waals surface area contributed by atoms with Crippen LogP contribution in [0.15, 0.2) is 24.3 Å². The predicted octanol–water partition coefficient (Wildman–Crippen LogP) is 2.74. The fourth-order valence-corrected chi connectivity index (χ4v) is 2.74. The molecule has 1 aliphatic carbocycles. The van der Waals surface area contributed by atoms with E-state index in [1.165, 1.54) is 0 Å². The summed E-state index contributed by atoms with van der Waals surface area (Å²) in [6.45, 7) is 2.75. The van der Waals surface area contributed by atoms with Crippen molar-refractivity contribution in [2.45, 2.75) is 51.1 Å². The molecule has 0 aromatic heterocycles. The van der Waals surface area contributed by atoms with Crippen LogP contribution in [0, 0.1) is 0 Å². The molecule has 2 rings (SSSR count). The van der Waals surface area contributed by atoms with E-state index in [-0.39, 0.29) is 5.91 Å². The Morgan fingerprint density at radius 2 is 1.95 bits per heavy atom. The summed E-state index contributed by atoms with van der Waals surface area (Å²) in [5.74, 6) is 0.772. The molecule has 1 aliphatic rings. The number of carbonyl (C=O) groups is 1. The molecule has 21 heavy (non-hydrogen) atoms. The molecule has 0 bridgehead atoms. The van der Waals surface area contributed by atoms with Crippen molar-refractivity contribution in [3.8, 4) is 5.75 Å². The van der Waals surface area contributed by atoms with Gasteiger partial charge in [0.2, 0.25) is 0 Å². The minimum absolute atomic E-state index is 0.00450. The fraction of sp³-hybridized carbons (Fsp3) is 0.588. The summed E-state index contributed by atoms with van der Waals surface area (Å²) in [7, 11) is 2.01. The highest BCUT2D eigenvalue weighted by Crippen LogP contribution is 2.19. The lowest BCUT2D eigenvalue weighted by molar-refractivity contribution is 0.0924.